The third-order valence-electron chi connectivity index (χ3n) is 2.62. The lowest BCUT2D eigenvalue weighted by atomic mass is 10.1. The normalized spacial score (nSPS) is 18.8. The lowest BCUT2D eigenvalue weighted by molar-refractivity contribution is 0.399. The fraction of sp³-hybridized carbons (Fsp3) is 0.583. The van der Waals surface area contributed by atoms with E-state index in [0.29, 0.717) is 0 Å². The fourth-order valence-corrected chi connectivity index (χ4v) is 1.73. The van der Waals surface area contributed by atoms with Gasteiger partial charge in [-0.05, 0) is 20.8 Å². The van der Waals surface area contributed by atoms with Crippen LogP contribution in [0.3, 0.4) is 0 Å². The first-order valence-electron chi connectivity index (χ1n) is 5.95. The predicted octanol–water partition coefficient (Wildman–Crippen LogP) is 1.49. The van der Waals surface area contributed by atoms with E-state index in [-0.39, 0.29) is 11.7 Å². The van der Waals surface area contributed by atoms with E-state index < -0.39 is 0 Å². The average Bonchev–Trinajstić information content (AvgIpc) is 2.69. The maximum Gasteiger partial charge on any atom is 0.167 e. The Hall–Kier alpha value is -1.85. The third kappa shape index (κ3) is 2.37. The standard InChI is InChI=1S/C12H20N6/c1-12(2,3)18-8-15-9-10(16-7-17(4)5)13-6-14-11(9)18/h6-8,10H,1-5H3,(H,13,14)/b16-7-. The van der Waals surface area contributed by atoms with Gasteiger partial charge in [-0.25, -0.2) is 15.0 Å². The first kappa shape index (κ1) is 12.6. The predicted molar refractivity (Wildman–Crippen MR) is 73.4 cm³/mol. The molecule has 0 aromatic carbocycles. The number of nitrogens with one attached hydrogen (secondary N) is 1. The molecule has 2 rings (SSSR count). The maximum absolute atomic E-state index is 4.44. The molecule has 0 aliphatic carbocycles. The molecule has 0 amide bonds. The highest BCUT2D eigenvalue weighted by atomic mass is 15.3. The molecule has 1 aliphatic heterocycles. The molecule has 1 aliphatic rings. The molecule has 6 nitrogen and oxygen atoms in total. The van der Waals surface area contributed by atoms with Crippen LogP contribution in [0.15, 0.2) is 16.3 Å². The van der Waals surface area contributed by atoms with Crippen LogP contribution in [0.5, 0.6) is 0 Å². The summed E-state index contributed by atoms with van der Waals surface area (Å²) in [5.74, 6) is 0.877. The topological polar surface area (TPSA) is 57.8 Å². The molecular weight excluding hydrogens is 228 g/mol. The quantitative estimate of drug-likeness (QED) is 0.637. The Balaban J connectivity index is 2.35. The Morgan fingerprint density at radius 1 is 1.44 bits per heavy atom. The first-order chi connectivity index (χ1) is 8.39. The van der Waals surface area contributed by atoms with E-state index >= 15 is 0 Å². The largest absolute Gasteiger partial charge is 0.369 e. The summed E-state index contributed by atoms with van der Waals surface area (Å²) < 4.78 is 2.07. The van der Waals surface area contributed by atoms with Crippen molar-refractivity contribution in [3.05, 3.63) is 12.0 Å². The van der Waals surface area contributed by atoms with Gasteiger partial charge in [0.15, 0.2) is 12.0 Å². The molecule has 0 radical (unpaired) electrons. The number of aliphatic imine (C=N–C) groups is 2. The number of hydrogen-bond donors (Lipinski definition) is 1. The highest BCUT2D eigenvalue weighted by Gasteiger charge is 2.26. The number of fused-ring (bicyclic) bond motifs is 1. The van der Waals surface area contributed by atoms with Crippen molar-refractivity contribution in [2.45, 2.75) is 32.5 Å². The van der Waals surface area contributed by atoms with Crippen molar-refractivity contribution in [2.24, 2.45) is 9.98 Å². The van der Waals surface area contributed by atoms with Gasteiger partial charge in [-0.3, -0.25) is 0 Å². The van der Waals surface area contributed by atoms with Gasteiger partial charge in [0.25, 0.3) is 0 Å². The number of rotatable bonds is 2. The van der Waals surface area contributed by atoms with Crippen molar-refractivity contribution in [1.82, 2.24) is 19.8 Å². The van der Waals surface area contributed by atoms with Crippen LogP contribution in [0, 0.1) is 0 Å². The van der Waals surface area contributed by atoms with Gasteiger partial charge >= 0.3 is 0 Å². The van der Waals surface area contributed by atoms with Gasteiger partial charge in [-0.1, -0.05) is 0 Å². The smallest absolute Gasteiger partial charge is 0.167 e. The van der Waals surface area contributed by atoms with E-state index in [0.717, 1.165) is 11.5 Å². The number of aromatic nitrogens is 2. The zero-order valence-corrected chi connectivity index (χ0v) is 11.5. The van der Waals surface area contributed by atoms with Crippen LogP contribution in [0.2, 0.25) is 0 Å². The molecule has 1 aromatic heterocycles. The van der Waals surface area contributed by atoms with Gasteiger partial charge in [0, 0.05) is 19.6 Å². The molecule has 0 saturated heterocycles. The van der Waals surface area contributed by atoms with E-state index in [9.17, 15) is 0 Å². The first-order valence-corrected chi connectivity index (χ1v) is 5.95. The average molecular weight is 248 g/mol. The van der Waals surface area contributed by atoms with Crippen LogP contribution in [0.1, 0.15) is 32.6 Å². The second-order valence-corrected chi connectivity index (χ2v) is 5.55. The van der Waals surface area contributed by atoms with Crippen molar-refractivity contribution in [3.63, 3.8) is 0 Å². The summed E-state index contributed by atoms with van der Waals surface area (Å²) in [6.07, 6.45) is 5.12. The summed E-state index contributed by atoms with van der Waals surface area (Å²) in [6.45, 7) is 6.39. The van der Waals surface area contributed by atoms with Gasteiger partial charge in [-0.2, -0.15) is 0 Å². The third-order valence-corrected chi connectivity index (χ3v) is 2.62. The van der Waals surface area contributed by atoms with Crippen molar-refractivity contribution < 1.29 is 0 Å². The highest BCUT2D eigenvalue weighted by molar-refractivity contribution is 5.66. The minimum absolute atomic E-state index is 0.0366. The number of hydrogen-bond acceptors (Lipinski definition) is 4. The zero-order valence-electron chi connectivity index (χ0n) is 11.5. The van der Waals surface area contributed by atoms with Crippen LogP contribution in [0.4, 0.5) is 5.82 Å². The second kappa shape index (κ2) is 4.44. The van der Waals surface area contributed by atoms with Gasteiger partial charge in [0.2, 0.25) is 0 Å². The van der Waals surface area contributed by atoms with Crippen molar-refractivity contribution >= 4 is 18.5 Å². The van der Waals surface area contributed by atoms with Gasteiger partial charge in [0.1, 0.15) is 5.69 Å². The monoisotopic (exact) mass is 248 g/mol. The summed E-state index contributed by atoms with van der Waals surface area (Å²) in [6, 6.07) is 0. The Morgan fingerprint density at radius 3 is 2.78 bits per heavy atom. The Morgan fingerprint density at radius 2 is 2.17 bits per heavy atom. The van der Waals surface area contributed by atoms with E-state index in [1.165, 1.54) is 0 Å². The van der Waals surface area contributed by atoms with Crippen LogP contribution in [-0.4, -0.2) is 41.2 Å². The lowest BCUT2D eigenvalue weighted by Gasteiger charge is -2.24. The molecule has 18 heavy (non-hydrogen) atoms. The van der Waals surface area contributed by atoms with E-state index in [1.807, 2.05) is 25.3 Å². The zero-order chi connectivity index (χ0) is 13.3. The molecule has 0 bridgehead atoms. The SMILES string of the molecule is CN(C)/C=N\C1NC=Nc2c1ncn2C(C)(C)C. The Bertz CT molecular complexity index is 477. The van der Waals surface area contributed by atoms with Crippen molar-refractivity contribution in [2.75, 3.05) is 14.1 Å². The molecule has 98 valence electrons. The van der Waals surface area contributed by atoms with Crippen LogP contribution in [0.25, 0.3) is 0 Å². The highest BCUT2D eigenvalue weighted by Crippen LogP contribution is 2.31. The molecule has 1 unspecified atom stereocenters. The minimum atomic E-state index is -0.163. The summed E-state index contributed by atoms with van der Waals surface area (Å²) in [5, 5.41) is 3.10. The lowest BCUT2D eigenvalue weighted by Crippen LogP contribution is -2.25. The second-order valence-electron chi connectivity index (χ2n) is 5.55. The molecule has 0 fully saturated rings. The minimum Gasteiger partial charge on any atom is -0.369 e. The summed E-state index contributed by atoms with van der Waals surface area (Å²) >= 11 is 0. The summed E-state index contributed by atoms with van der Waals surface area (Å²) in [4.78, 5) is 15.1. The Labute approximate surface area is 107 Å². The fourth-order valence-electron chi connectivity index (χ4n) is 1.73. The molecule has 1 atom stereocenters. The van der Waals surface area contributed by atoms with E-state index in [4.69, 9.17) is 0 Å². The van der Waals surface area contributed by atoms with Gasteiger partial charge in [-0.15, -0.1) is 0 Å². The molecule has 6 heteroatoms. The molecule has 1 N–H and O–H groups in total. The van der Waals surface area contributed by atoms with E-state index in [2.05, 4.69) is 45.6 Å². The summed E-state index contributed by atoms with van der Waals surface area (Å²) in [5.41, 5.74) is 0.830. The van der Waals surface area contributed by atoms with Gasteiger partial charge in [0.05, 0.1) is 19.0 Å². The van der Waals surface area contributed by atoms with Crippen molar-refractivity contribution in [1.29, 1.82) is 0 Å². The Kier molecular flexibility index (Phi) is 3.11. The molecule has 2 heterocycles. The molecule has 0 saturated carbocycles. The molecule has 1 aromatic rings. The molecular formula is C12H20N6. The molecule has 0 spiro atoms. The maximum atomic E-state index is 4.44. The van der Waals surface area contributed by atoms with Crippen LogP contribution >= 0.6 is 0 Å². The number of imidazole rings is 1. The van der Waals surface area contributed by atoms with Crippen LogP contribution in [-0.2, 0) is 5.54 Å². The van der Waals surface area contributed by atoms with E-state index in [1.54, 1.807) is 12.7 Å². The van der Waals surface area contributed by atoms with Crippen molar-refractivity contribution in [3.8, 4) is 0 Å². The van der Waals surface area contributed by atoms with Gasteiger partial charge < -0.3 is 14.8 Å². The number of nitrogens with zero attached hydrogens (tertiary/aromatic N) is 5. The summed E-state index contributed by atoms with van der Waals surface area (Å²) in [7, 11) is 3.88. The van der Waals surface area contributed by atoms with Crippen LogP contribution < -0.4 is 5.32 Å².